The molecule has 3 fully saturated rings. The fourth-order valence-corrected chi connectivity index (χ4v) is 3.37. The summed E-state index contributed by atoms with van der Waals surface area (Å²) in [4.78, 5) is 27.9. The van der Waals surface area contributed by atoms with Crippen LogP contribution in [0.2, 0.25) is 0 Å². The van der Waals surface area contributed by atoms with Gasteiger partial charge < -0.3 is 10.2 Å². The molecule has 2 amide bonds. The van der Waals surface area contributed by atoms with Crippen LogP contribution in [0.3, 0.4) is 0 Å². The third kappa shape index (κ3) is 2.23. The Labute approximate surface area is 107 Å². The lowest BCUT2D eigenvalue weighted by Gasteiger charge is -2.24. The standard InChI is InChI=1S/C13H21N3O2/c17-12-4-3-11(14-12)13(18)16-8-5-10(9-16)15-6-1-2-7-15/h10-11H,1-9H2,(H,14,17). The van der Waals surface area contributed by atoms with Crippen LogP contribution in [0, 0.1) is 0 Å². The summed E-state index contributed by atoms with van der Waals surface area (Å²) >= 11 is 0. The molecule has 3 aliphatic heterocycles. The highest BCUT2D eigenvalue weighted by Gasteiger charge is 2.36. The predicted octanol–water partition coefficient (Wildman–Crippen LogP) is -0.0383. The summed E-state index contributed by atoms with van der Waals surface area (Å²) in [7, 11) is 0. The minimum absolute atomic E-state index is 0.0173. The molecule has 1 N–H and O–H groups in total. The largest absolute Gasteiger partial charge is 0.344 e. The number of carbonyl (C=O) groups excluding carboxylic acids is 2. The van der Waals surface area contributed by atoms with E-state index in [0.717, 1.165) is 19.5 Å². The highest BCUT2D eigenvalue weighted by Crippen LogP contribution is 2.22. The van der Waals surface area contributed by atoms with Crippen LogP contribution in [0.1, 0.15) is 32.1 Å². The van der Waals surface area contributed by atoms with Crippen molar-refractivity contribution in [3.8, 4) is 0 Å². The van der Waals surface area contributed by atoms with Crippen molar-refractivity contribution in [3.05, 3.63) is 0 Å². The molecule has 0 saturated carbocycles. The fourth-order valence-electron chi connectivity index (χ4n) is 3.37. The molecular formula is C13H21N3O2. The van der Waals surface area contributed by atoms with E-state index in [9.17, 15) is 9.59 Å². The zero-order valence-electron chi connectivity index (χ0n) is 10.7. The van der Waals surface area contributed by atoms with Crippen LogP contribution in [-0.4, -0.2) is 59.9 Å². The lowest BCUT2D eigenvalue weighted by atomic mass is 10.2. The van der Waals surface area contributed by atoms with Crippen LogP contribution in [0.15, 0.2) is 0 Å². The number of likely N-dealkylation sites (tertiary alicyclic amines) is 2. The zero-order chi connectivity index (χ0) is 12.5. The normalized spacial score (nSPS) is 33.1. The van der Waals surface area contributed by atoms with Crippen molar-refractivity contribution >= 4 is 11.8 Å². The van der Waals surface area contributed by atoms with Crippen LogP contribution >= 0.6 is 0 Å². The van der Waals surface area contributed by atoms with Gasteiger partial charge >= 0.3 is 0 Å². The van der Waals surface area contributed by atoms with E-state index in [1.54, 1.807) is 0 Å². The van der Waals surface area contributed by atoms with E-state index in [0.29, 0.717) is 18.9 Å². The van der Waals surface area contributed by atoms with E-state index >= 15 is 0 Å². The summed E-state index contributed by atoms with van der Waals surface area (Å²) in [6.07, 6.45) is 4.85. The number of nitrogens with one attached hydrogen (secondary N) is 1. The molecule has 2 atom stereocenters. The number of nitrogens with zero attached hydrogens (tertiary/aromatic N) is 2. The molecule has 100 valence electrons. The Morgan fingerprint density at radius 1 is 1.17 bits per heavy atom. The number of amides is 2. The first-order valence-corrected chi connectivity index (χ1v) is 7.06. The molecule has 3 aliphatic rings. The maximum absolute atomic E-state index is 12.2. The first-order valence-electron chi connectivity index (χ1n) is 7.06. The summed E-state index contributed by atoms with van der Waals surface area (Å²) in [6.45, 7) is 4.08. The summed E-state index contributed by atoms with van der Waals surface area (Å²) < 4.78 is 0. The molecule has 5 nitrogen and oxygen atoms in total. The third-order valence-electron chi connectivity index (χ3n) is 4.43. The van der Waals surface area contributed by atoms with Gasteiger partial charge in [-0.15, -0.1) is 0 Å². The van der Waals surface area contributed by atoms with E-state index < -0.39 is 0 Å². The second-order valence-electron chi connectivity index (χ2n) is 5.63. The Morgan fingerprint density at radius 3 is 2.61 bits per heavy atom. The second-order valence-corrected chi connectivity index (χ2v) is 5.63. The molecule has 0 bridgehead atoms. The smallest absolute Gasteiger partial charge is 0.245 e. The van der Waals surface area contributed by atoms with Crippen molar-refractivity contribution in [2.24, 2.45) is 0 Å². The van der Waals surface area contributed by atoms with Gasteiger partial charge in [0.1, 0.15) is 6.04 Å². The highest BCUT2D eigenvalue weighted by molar-refractivity contribution is 5.90. The molecular weight excluding hydrogens is 230 g/mol. The van der Waals surface area contributed by atoms with Gasteiger partial charge in [0.2, 0.25) is 11.8 Å². The topological polar surface area (TPSA) is 52.7 Å². The van der Waals surface area contributed by atoms with Crippen LogP contribution < -0.4 is 5.32 Å². The van der Waals surface area contributed by atoms with Crippen molar-refractivity contribution in [3.63, 3.8) is 0 Å². The minimum atomic E-state index is -0.255. The van der Waals surface area contributed by atoms with Gasteiger partial charge in [0.05, 0.1) is 0 Å². The Hall–Kier alpha value is -1.10. The van der Waals surface area contributed by atoms with Crippen LogP contribution in [0.25, 0.3) is 0 Å². The second kappa shape index (κ2) is 4.88. The Kier molecular flexibility index (Phi) is 3.24. The van der Waals surface area contributed by atoms with Gasteiger partial charge in [0, 0.05) is 25.6 Å². The zero-order valence-corrected chi connectivity index (χ0v) is 10.7. The third-order valence-corrected chi connectivity index (χ3v) is 4.43. The first kappa shape index (κ1) is 12.0. The van der Waals surface area contributed by atoms with E-state index in [1.807, 2.05) is 4.90 Å². The van der Waals surface area contributed by atoms with Crippen molar-refractivity contribution in [1.29, 1.82) is 0 Å². The summed E-state index contributed by atoms with van der Waals surface area (Å²) in [6, 6.07) is 0.295. The number of carbonyl (C=O) groups is 2. The van der Waals surface area contributed by atoms with E-state index in [1.165, 1.54) is 25.9 Å². The lowest BCUT2D eigenvalue weighted by Crippen LogP contribution is -2.45. The van der Waals surface area contributed by atoms with Crippen LogP contribution in [0.4, 0.5) is 0 Å². The molecule has 0 aliphatic carbocycles. The predicted molar refractivity (Wildman–Crippen MR) is 67.0 cm³/mol. The van der Waals surface area contributed by atoms with Gasteiger partial charge in [-0.25, -0.2) is 0 Å². The van der Waals surface area contributed by atoms with Crippen molar-refractivity contribution in [1.82, 2.24) is 15.1 Å². The molecule has 0 radical (unpaired) electrons. The van der Waals surface area contributed by atoms with E-state index in [4.69, 9.17) is 0 Å². The lowest BCUT2D eigenvalue weighted by molar-refractivity contribution is -0.133. The molecule has 18 heavy (non-hydrogen) atoms. The summed E-state index contributed by atoms with van der Waals surface area (Å²) in [5.41, 5.74) is 0. The van der Waals surface area contributed by atoms with Crippen molar-refractivity contribution < 1.29 is 9.59 Å². The maximum Gasteiger partial charge on any atom is 0.245 e. The van der Waals surface area contributed by atoms with Gasteiger partial charge in [-0.1, -0.05) is 0 Å². The van der Waals surface area contributed by atoms with E-state index in [2.05, 4.69) is 10.2 Å². The monoisotopic (exact) mass is 251 g/mol. The minimum Gasteiger partial charge on any atom is -0.344 e. The molecule has 3 heterocycles. The summed E-state index contributed by atoms with van der Waals surface area (Å²) in [5, 5.41) is 2.77. The van der Waals surface area contributed by atoms with Gasteiger partial charge in [-0.2, -0.15) is 0 Å². The van der Waals surface area contributed by atoms with Gasteiger partial charge in [0.15, 0.2) is 0 Å². The van der Waals surface area contributed by atoms with Gasteiger partial charge in [-0.05, 0) is 38.8 Å². The van der Waals surface area contributed by atoms with Crippen molar-refractivity contribution in [2.45, 2.75) is 44.2 Å². The first-order chi connectivity index (χ1) is 8.74. The average molecular weight is 251 g/mol. The quantitative estimate of drug-likeness (QED) is 0.749. The van der Waals surface area contributed by atoms with Gasteiger partial charge in [0.25, 0.3) is 0 Å². The molecule has 5 heteroatoms. The Morgan fingerprint density at radius 2 is 1.94 bits per heavy atom. The van der Waals surface area contributed by atoms with Crippen LogP contribution in [-0.2, 0) is 9.59 Å². The molecule has 0 spiro atoms. The average Bonchev–Trinajstić information content (AvgIpc) is 3.09. The molecule has 0 aromatic heterocycles. The highest BCUT2D eigenvalue weighted by atomic mass is 16.2. The maximum atomic E-state index is 12.2. The number of hydrogen-bond acceptors (Lipinski definition) is 3. The molecule has 3 rings (SSSR count). The Bertz CT molecular complexity index is 352. The fraction of sp³-hybridized carbons (Fsp3) is 0.846. The van der Waals surface area contributed by atoms with Crippen LogP contribution in [0.5, 0.6) is 0 Å². The molecule has 0 aromatic carbocycles. The SMILES string of the molecule is O=C1CCC(C(=O)N2CCC(N3CCCC3)C2)N1. The summed E-state index contributed by atoms with van der Waals surface area (Å²) in [5.74, 6) is 0.145. The molecule has 0 aromatic rings. The molecule has 3 saturated heterocycles. The number of hydrogen-bond donors (Lipinski definition) is 1. The van der Waals surface area contributed by atoms with E-state index in [-0.39, 0.29) is 17.9 Å². The van der Waals surface area contributed by atoms with Crippen molar-refractivity contribution in [2.75, 3.05) is 26.2 Å². The number of rotatable bonds is 2. The van der Waals surface area contributed by atoms with Gasteiger partial charge in [-0.3, -0.25) is 14.5 Å². The Balaban J connectivity index is 1.54. The molecule has 2 unspecified atom stereocenters.